The van der Waals surface area contributed by atoms with Crippen LogP contribution < -0.4 is 0 Å². The zero-order valence-corrected chi connectivity index (χ0v) is 18.2. The minimum Gasteiger partial charge on any atom is -0.465 e. The fourth-order valence-corrected chi connectivity index (χ4v) is 3.98. The first kappa shape index (κ1) is 21.6. The maximum absolute atomic E-state index is 13.0. The second kappa shape index (κ2) is 7.95. The minimum atomic E-state index is -0.812. The summed E-state index contributed by atoms with van der Waals surface area (Å²) in [5, 5.41) is 0. The lowest BCUT2D eigenvalue weighted by Gasteiger charge is -2.35. The van der Waals surface area contributed by atoms with Crippen LogP contribution in [0.4, 0.5) is 4.79 Å². The molecular formula is C22H32N2O5. The maximum atomic E-state index is 13.0. The van der Waals surface area contributed by atoms with Crippen LogP contribution in [0.15, 0.2) is 30.3 Å². The molecule has 0 aromatic heterocycles. The van der Waals surface area contributed by atoms with E-state index in [0.29, 0.717) is 19.8 Å². The summed E-state index contributed by atoms with van der Waals surface area (Å²) in [5.74, 6) is -0.262. The van der Waals surface area contributed by atoms with Crippen LogP contribution in [-0.2, 0) is 25.5 Å². The summed E-state index contributed by atoms with van der Waals surface area (Å²) in [6, 6.07) is 9.09. The number of carbonyl (C=O) groups is 2. The molecule has 3 rings (SSSR count). The SMILES string of the molecule is CCOC(=O)[C@@H]1[C@@H]([C@@H]2COC(C)(C)N2C(=O)OC(C)(C)C)N1Cc1ccccc1. The Morgan fingerprint density at radius 1 is 1.21 bits per heavy atom. The lowest BCUT2D eigenvalue weighted by molar-refractivity contribution is -0.143. The minimum absolute atomic E-state index is 0.177. The van der Waals surface area contributed by atoms with E-state index in [1.807, 2.05) is 65.0 Å². The molecule has 160 valence electrons. The van der Waals surface area contributed by atoms with Gasteiger partial charge in [-0.25, -0.2) is 4.79 Å². The van der Waals surface area contributed by atoms with Crippen LogP contribution in [0.5, 0.6) is 0 Å². The average Bonchev–Trinajstić information content (AvgIpc) is 3.21. The van der Waals surface area contributed by atoms with Crippen LogP contribution in [0.1, 0.15) is 47.1 Å². The molecule has 7 heteroatoms. The number of esters is 1. The Kier molecular flexibility index (Phi) is 5.92. The van der Waals surface area contributed by atoms with Crippen LogP contribution in [0.25, 0.3) is 0 Å². The molecule has 0 N–H and O–H groups in total. The molecule has 1 aromatic rings. The summed E-state index contributed by atoms with van der Waals surface area (Å²) < 4.78 is 16.9. The molecule has 4 atom stereocenters. The van der Waals surface area contributed by atoms with Gasteiger partial charge < -0.3 is 14.2 Å². The number of nitrogens with zero attached hydrogens (tertiary/aromatic N) is 2. The van der Waals surface area contributed by atoms with E-state index >= 15 is 0 Å². The normalized spacial score (nSPS) is 28.1. The molecular weight excluding hydrogens is 372 g/mol. The quantitative estimate of drug-likeness (QED) is 0.555. The van der Waals surface area contributed by atoms with Crippen molar-refractivity contribution < 1.29 is 23.8 Å². The molecule has 1 amide bonds. The van der Waals surface area contributed by atoms with Crippen molar-refractivity contribution in [3.05, 3.63) is 35.9 Å². The van der Waals surface area contributed by atoms with Crippen molar-refractivity contribution in [2.75, 3.05) is 13.2 Å². The van der Waals surface area contributed by atoms with Crippen molar-refractivity contribution >= 4 is 12.1 Å². The number of carbonyl (C=O) groups excluding carboxylic acids is 2. The molecule has 0 bridgehead atoms. The van der Waals surface area contributed by atoms with Gasteiger partial charge in [-0.05, 0) is 47.1 Å². The summed E-state index contributed by atoms with van der Waals surface area (Å²) >= 11 is 0. The number of benzene rings is 1. The summed E-state index contributed by atoms with van der Waals surface area (Å²) in [6.07, 6.45) is -0.431. The van der Waals surface area contributed by atoms with E-state index in [2.05, 4.69) is 4.90 Å². The molecule has 29 heavy (non-hydrogen) atoms. The van der Waals surface area contributed by atoms with Crippen LogP contribution in [-0.4, -0.2) is 64.5 Å². The molecule has 2 aliphatic heterocycles. The molecule has 0 spiro atoms. The third-order valence-electron chi connectivity index (χ3n) is 5.21. The number of rotatable bonds is 5. The molecule has 2 fully saturated rings. The summed E-state index contributed by atoms with van der Waals surface area (Å²) in [7, 11) is 0. The largest absolute Gasteiger partial charge is 0.465 e. The first-order valence-electron chi connectivity index (χ1n) is 10.2. The van der Waals surface area contributed by atoms with E-state index < -0.39 is 23.5 Å². The van der Waals surface area contributed by atoms with E-state index in [0.717, 1.165) is 5.56 Å². The predicted octanol–water partition coefficient (Wildman–Crippen LogP) is 3.17. The van der Waals surface area contributed by atoms with Gasteiger partial charge in [-0.3, -0.25) is 14.6 Å². The van der Waals surface area contributed by atoms with Crippen LogP contribution in [0.3, 0.4) is 0 Å². The van der Waals surface area contributed by atoms with Crippen molar-refractivity contribution in [3.8, 4) is 0 Å². The summed E-state index contributed by atoms with van der Waals surface area (Å²) in [5.41, 5.74) is -0.326. The maximum Gasteiger partial charge on any atom is 0.412 e. The first-order chi connectivity index (χ1) is 13.5. The van der Waals surface area contributed by atoms with E-state index in [1.54, 1.807) is 11.8 Å². The number of amides is 1. The Labute approximate surface area is 172 Å². The van der Waals surface area contributed by atoms with Crippen molar-refractivity contribution in [2.45, 2.75) is 77.5 Å². The number of hydrogen-bond donors (Lipinski definition) is 0. The van der Waals surface area contributed by atoms with Crippen LogP contribution in [0, 0.1) is 0 Å². The second-order valence-corrected chi connectivity index (χ2v) is 9.02. The van der Waals surface area contributed by atoms with Crippen molar-refractivity contribution in [2.24, 2.45) is 0 Å². The van der Waals surface area contributed by atoms with Crippen molar-refractivity contribution in [1.82, 2.24) is 9.80 Å². The zero-order chi connectivity index (χ0) is 21.4. The Morgan fingerprint density at radius 3 is 2.45 bits per heavy atom. The molecule has 7 nitrogen and oxygen atoms in total. The van der Waals surface area contributed by atoms with Gasteiger partial charge in [0.15, 0.2) is 0 Å². The van der Waals surface area contributed by atoms with Gasteiger partial charge in [0.1, 0.15) is 17.4 Å². The van der Waals surface area contributed by atoms with Gasteiger partial charge in [0.05, 0.1) is 25.3 Å². The Hall–Kier alpha value is -2.12. The first-order valence-corrected chi connectivity index (χ1v) is 10.2. The van der Waals surface area contributed by atoms with Gasteiger partial charge in [0.2, 0.25) is 0 Å². The Morgan fingerprint density at radius 2 is 1.86 bits per heavy atom. The monoisotopic (exact) mass is 404 g/mol. The van der Waals surface area contributed by atoms with Gasteiger partial charge in [-0.2, -0.15) is 0 Å². The number of ether oxygens (including phenoxy) is 3. The van der Waals surface area contributed by atoms with E-state index in [9.17, 15) is 9.59 Å². The Balaban J connectivity index is 1.84. The molecule has 0 aliphatic carbocycles. The average molecular weight is 405 g/mol. The Bertz CT molecular complexity index is 743. The molecule has 0 saturated carbocycles. The highest BCUT2D eigenvalue weighted by molar-refractivity contribution is 5.81. The second-order valence-electron chi connectivity index (χ2n) is 9.02. The zero-order valence-electron chi connectivity index (χ0n) is 18.2. The van der Waals surface area contributed by atoms with E-state index in [4.69, 9.17) is 14.2 Å². The molecule has 1 unspecified atom stereocenters. The topological polar surface area (TPSA) is 68.1 Å². The summed E-state index contributed by atoms with van der Waals surface area (Å²) in [4.78, 5) is 29.3. The number of hydrogen-bond acceptors (Lipinski definition) is 6. The van der Waals surface area contributed by atoms with Gasteiger partial charge in [-0.15, -0.1) is 0 Å². The fourth-order valence-electron chi connectivity index (χ4n) is 3.98. The molecule has 1 aromatic carbocycles. The van der Waals surface area contributed by atoms with Crippen molar-refractivity contribution in [3.63, 3.8) is 0 Å². The van der Waals surface area contributed by atoms with Crippen molar-refractivity contribution in [1.29, 1.82) is 0 Å². The van der Waals surface area contributed by atoms with Crippen LogP contribution in [0.2, 0.25) is 0 Å². The highest BCUT2D eigenvalue weighted by atomic mass is 16.6. The van der Waals surface area contributed by atoms with Crippen LogP contribution >= 0.6 is 0 Å². The highest BCUT2D eigenvalue weighted by Crippen LogP contribution is 2.42. The third kappa shape index (κ3) is 4.73. The fraction of sp³-hybridized carbons (Fsp3) is 0.636. The smallest absolute Gasteiger partial charge is 0.412 e. The molecule has 2 heterocycles. The van der Waals surface area contributed by atoms with E-state index in [1.165, 1.54) is 0 Å². The van der Waals surface area contributed by atoms with E-state index in [-0.39, 0.29) is 18.1 Å². The highest BCUT2D eigenvalue weighted by Gasteiger charge is 2.63. The molecule has 2 saturated heterocycles. The lowest BCUT2D eigenvalue weighted by Crippen LogP contribution is -2.52. The van der Waals surface area contributed by atoms with Gasteiger partial charge >= 0.3 is 12.1 Å². The lowest BCUT2D eigenvalue weighted by atomic mass is 10.1. The molecule has 0 radical (unpaired) electrons. The summed E-state index contributed by atoms with van der Waals surface area (Å²) in [6.45, 7) is 12.3. The van der Waals surface area contributed by atoms with Gasteiger partial charge in [0, 0.05) is 6.54 Å². The van der Waals surface area contributed by atoms with Gasteiger partial charge in [-0.1, -0.05) is 30.3 Å². The molecule has 2 aliphatic rings. The van der Waals surface area contributed by atoms with Gasteiger partial charge in [0.25, 0.3) is 0 Å². The predicted molar refractivity (Wildman–Crippen MR) is 108 cm³/mol. The standard InChI is InChI=1S/C22H32N2O5/c1-7-27-19(25)18-17(23(18)13-15-11-9-8-10-12-15)16-14-28-22(5,6)24(16)20(26)29-21(2,3)4/h8-12,16-18H,7,13-14H2,1-6H3/t16-,17+,18-,23?/m0/s1. The third-order valence-corrected chi connectivity index (χ3v) is 5.21.